The standard InChI is InChI=1S/C11H10F3NO2/c12-11(13,14)6-15-5-9(16)7-3-1-2-4-8(7)10(15)17/h1-4,9,16H,5-6H2. The summed E-state index contributed by atoms with van der Waals surface area (Å²) in [4.78, 5) is 12.4. The van der Waals surface area contributed by atoms with Crippen LogP contribution in [0.5, 0.6) is 0 Å². The Morgan fingerprint density at radius 3 is 2.65 bits per heavy atom. The first kappa shape index (κ1) is 11.9. The van der Waals surface area contributed by atoms with E-state index in [0.29, 0.717) is 10.5 Å². The quantitative estimate of drug-likeness (QED) is 0.818. The molecule has 0 aromatic heterocycles. The maximum absolute atomic E-state index is 12.2. The molecule has 1 aromatic carbocycles. The Morgan fingerprint density at radius 1 is 1.35 bits per heavy atom. The summed E-state index contributed by atoms with van der Waals surface area (Å²) in [7, 11) is 0. The van der Waals surface area contributed by atoms with Crippen LogP contribution in [0.1, 0.15) is 22.0 Å². The number of halogens is 3. The van der Waals surface area contributed by atoms with E-state index in [1.165, 1.54) is 6.07 Å². The van der Waals surface area contributed by atoms with E-state index in [1.54, 1.807) is 18.2 Å². The molecule has 1 aliphatic rings. The number of hydrogen-bond acceptors (Lipinski definition) is 2. The van der Waals surface area contributed by atoms with E-state index >= 15 is 0 Å². The highest BCUT2D eigenvalue weighted by Crippen LogP contribution is 2.28. The molecule has 1 amide bonds. The molecule has 0 radical (unpaired) electrons. The largest absolute Gasteiger partial charge is 0.406 e. The van der Waals surface area contributed by atoms with Crippen LogP contribution in [0.3, 0.4) is 0 Å². The highest BCUT2D eigenvalue weighted by atomic mass is 19.4. The predicted molar refractivity (Wildman–Crippen MR) is 53.4 cm³/mol. The zero-order valence-electron chi connectivity index (χ0n) is 8.74. The number of carbonyl (C=O) groups excluding carboxylic acids is 1. The number of benzene rings is 1. The fraction of sp³-hybridized carbons (Fsp3) is 0.364. The van der Waals surface area contributed by atoms with Crippen molar-refractivity contribution >= 4 is 5.91 Å². The summed E-state index contributed by atoms with van der Waals surface area (Å²) in [5.74, 6) is -0.691. The highest BCUT2D eigenvalue weighted by molar-refractivity contribution is 5.97. The fourth-order valence-corrected chi connectivity index (χ4v) is 1.90. The van der Waals surface area contributed by atoms with E-state index in [2.05, 4.69) is 0 Å². The minimum atomic E-state index is -4.46. The van der Waals surface area contributed by atoms with Crippen molar-refractivity contribution in [2.24, 2.45) is 0 Å². The molecule has 0 saturated heterocycles. The first-order valence-corrected chi connectivity index (χ1v) is 5.01. The van der Waals surface area contributed by atoms with Crippen molar-refractivity contribution in [3.63, 3.8) is 0 Å². The minimum absolute atomic E-state index is 0.135. The molecule has 0 fully saturated rings. The number of amides is 1. The van der Waals surface area contributed by atoms with Crippen LogP contribution in [-0.4, -0.2) is 35.2 Å². The summed E-state index contributed by atoms with van der Waals surface area (Å²) in [6, 6.07) is 6.15. The van der Waals surface area contributed by atoms with Crippen LogP contribution in [0.4, 0.5) is 13.2 Å². The van der Waals surface area contributed by atoms with E-state index in [4.69, 9.17) is 0 Å². The van der Waals surface area contributed by atoms with Gasteiger partial charge in [-0.3, -0.25) is 4.79 Å². The number of aliphatic hydroxyl groups is 1. The van der Waals surface area contributed by atoms with Gasteiger partial charge in [0.15, 0.2) is 0 Å². The third-order valence-corrected chi connectivity index (χ3v) is 2.60. The second kappa shape index (κ2) is 4.03. The minimum Gasteiger partial charge on any atom is -0.387 e. The number of fused-ring (bicyclic) bond motifs is 1. The molecule has 0 bridgehead atoms. The maximum Gasteiger partial charge on any atom is 0.406 e. The number of hydrogen-bond donors (Lipinski definition) is 1. The topological polar surface area (TPSA) is 40.5 Å². The van der Waals surface area contributed by atoms with Crippen LogP contribution < -0.4 is 0 Å². The van der Waals surface area contributed by atoms with Crippen LogP contribution in [0.25, 0.3) is 0 Å². The average Bonchev–Trinajstić information content (AvgIpc) is 2.24. The zero-order valence-corrected chi connectivity index (χ0v) is 8.74. The molecule has 0 aliphatic carbocycles. The van der Waals surface area contributed by atoms with Crippen LogP contribution in [0, 0.1) is 0 Å². The van der Waals surface area contributed by atoms with Crippen molar-refractivity contribution in [1.82, 2.24) is 4.90 Å². The summed E-state index contributed by atoms with van der Waals surface area (Å²) in [5.41, 5.74) is 0.520. The summed E-state index contributed by atoms with van der Waals surface area (Å²) in [6.07, 6.45) is -5.52. The molecule has 1 aliphatic heterocycles. The Balaban J connectivity index is 2.30. The van der Waals surface area contributed by atoms with Crippen molar-refractivity contribution in [3.05, 3.63) is 35.4 Å². The molecule has 6 heteroatoms. The number of aliphatic hydroxyl groups excluding tert-OH is 1. The third-order valence-electron chi connectivity index (χ3n) is 2.60. The van der Waals surface area contributed by atoms with Gasteiger partial charge in [0.25, 0.3) is 5.91 Å². The number of carbonyl (C=O) groups is 1. The molecule has 3 nitrogen and oxygen atoms in total. The van der Waals surface area contributed by atoms with Gasteiger partial charge in [0.05, 0.1) is 12.6 Å². The lowest BCUT2D eigenvalue weighted by Crippen LogP contribution is -2.44. The molecule has 1 unspecified atom stereocenters. The lowest BCUT2D eigenvalue weighted by atomic mass is 9.97. The van der Waals surface area contributed by atoms with E-state index in [1.807, 2.05) is 0 Å². The summed E-state index contributed by atoms with van der Waals surface area (Å²) >= 11 is 0. The number of nitrogens with zero attached hydrogens (tertiary/aromatic N) is 1. The first-order valence-electron chi connectivity index (χ1n) is 5.01. The van der Waals surface area contributed by atoms with Gasteiger partial charge >= 0.3 is 6.18 Å². The Bertz CT molecular complexity index is 445. The van der Waals surface area contributed by atoms with E-state index in [0.717, 1.165) is 0 Å². The van der Waals surface area contributed by atoms with Gasteiger partial charge in [-0.15, -0.1) is 0 Å². The van der Waals surface area contributed by atoms with Crippen molar-refractivity contribution in [3.8, 4) is 0 Å². The van der Waals surface area contributed by atoms with Gasteiger partial charge < -0.3 is 10.0 Å². The molecule has 17 heavy (non-hydrogen) atoms. The summed E-state index contributed by atoms with van der Waals surface area (Å²) < 4.78 is 36.7. The molecule has 0 spiro atoms. The second-order valence-corrected chi connectivity index (χ2v) is 3.90. The molecule has 2 rings (SSSR count). The molecule has 1 aromatic rings. The van der Waals surface area contributed by atoms with Crippen molar-refractivity contribution < 1.29 is 23.1 Å². The monoisotopic (exact) mass is 245 g/mol. The van der Waals surface area contributed by atoms with E-state index in [9.17, 15) is 23.1 Å². The number of alkyl halides is 3. The number of β-amino-alcohol motifs (C(OH)–C–C–N with tert-alkyl or cyclic N) is 1. The Labute approximate surface area is 95.5 Å². The van der Waals surface area contributed by atoms with Gasteiger partial charge in [-0.1, -0.05) is 18.2 Å². The van der Waals surface area contributed by atoms with Crippen molar-refractivity contribution in [2.45, 2.75) is 12.3 Å². The van der Waals surface area contributed by atoms with E-state index in [-0.39, 0.29) is 12.1 Å². The Kier molecular flexibility index (Phi) is 2.82. The van der Waals surface area contributed by atoms with Gasteiger partial charge in [0, 0.05) is 5.56 Å². The summed E-state index contributed by atoms with van der Waals surface area (Å²) in [5, 5.41) is 9.69. The van der Waals surface area contributed by atoms with Gasteiger partial charge in [-0.05, 0) is 11.6 Å². The Hall–Kier alpha value is -1.56. The lowest BCUT2D eigenvalue weighted by molar-refractivity contribution is -0.143. The van der Waals surface area contributed by atoms with Crippen LogP contribution in [0.2, 0.25) is 0 Å². The molecule has 0 saturated carbocycles. The zero-order chi connectivity index (χ0) is 12.6. The van der Waals surface area contributed by atoms with Crippen molar-refractivity contribution in [2.75, 3.05) is 13.1 Å². The molecular formula is C11H10F3NO2. The first-order chi connectivity index (χ1) is 7.88. The molecule has 92 valence electrons. The molecule has 1 heterocycles. The smallest absolute Gasteiger partial charge is 0.387 e. The normalized spacial score (nSPS) is 20.4. The molecule has 1 atom stereocenters. The number of rotatable bonds is 1. The van der Waals surface area contributed by atoms with Gasteiger partial charge in [0.1, 0.15) is 6.54 Å². The fourth-order valence-electron chi connectivity index (χ4n) is 1.90. The van der Waals surface area contributed by atoms with E-state index < -0.39 is 24.7 Å². The third kappa shape index (κ3) is 2.41. The lowest BCUT2D eigenvalue weighted by Gasteiger charge is -2.32. The predicted octanol–water partition coefficient (Wildman–Crippen LogP) is 1.74. The Morgan fingerprint density at radius 2 is 2.00 bits per heavy atom. The van der Waals surface area contributed by atoms with Crippen LogP contribution in [-0.2, 0) is 0 Å². The maximum atomic E-state index is 12.2. The molecule has 1 N–H and O–H groups in total. The van der Waals surface area contributed by atoms with Crippen molar-refractivity contribution in [1.29, 1.82) is 0 Å². The summed E-state index contributed by atoms with van der Waals surface area (Å²) in [6.45, 7) is -1.66. The van der Waals surface area contributed by atoms with Crippen LogP contribution >= 0.6 is 0 Å². The van der Waals surface area contributed by atoms with Crippen LogP contribution in [0.15, 0.2) is 24.3 Å². The van der Waals surface area contributed by atoms with Gasteiger partial charge in [-0.25, -0.2) is 0 Å². The van der Waals surface area contributed by atoms with Gasteiger partial charge in [0.2, 0.25) is 0 Å². The van der Waals surface area contributed by atoms with Gasteiger partial charge in [-0.2, -0.15) is 13.2 Å². The average molecular weight is 245 g/mol. The highest BCUT2D eigenvalue weighted by Gasteiger charge is 2.37. The second-order valence-electron chi connectivity index (χ2n) is 3.90. The molecular weight excluding hydrogens is 235 g/mol. The SMILES string of the molecule is O=C1c2ccccc2C(O)CN1CC(F)(F)F.